The third-order valence-corrected chi connectivity index (χ3v) is 5.17. The smallest absolute Gasteiger partial charge is 0.142 e. The van der Waals surface area contributed by atoms with Crippen molar-refractivity contribution in [1.82, 2.24) is 0 Å². The van der Waals surface area contributed by atoms with Crippen molar-refractivity contribution in [2.24, 2.45) is 23.5 Å². The molecule has 19 heavy (non-hydrogen) atoms. The van der Waals surface area contributed by atoms with Crippen LogP contribution in [0.4, 0.5) is 8.78 Å². The number of hydrogen-bond donors (Lipinski definition) is 1. The molecular formula is C15H18ClF2N. The number of benzene rings is 1. The molecule has 0 radical (unpaired) electrons. The zero-order chi connectivity index (χ0) is 13.6. The largest absolute Gasteiger partial charge is 0.324 e. The molecule has 2 fully saturated rings. The molecule has 2 aliphatic carbocycles. The first-order valence-corrected chi connectivity index (χ1v) is 7.32. The van der Waals surface area contributed by atoms with E-state index in [4.69, 9.17) is 17.3 Å². The summed E-state index contributed by atoms with van der Waals surface area (Å²) in [7, 11) is 0. The summed E-state index contributed by atoms with van der Waals surface area (Å²) in [4.78, 5) is 0. The highest BCUT2D eigenvalue weighted by Crippen LogP contribution is 2.50. The Morgan fingerprint density at radius 2 is 2.00 bits per heavy atom. The van der Waals surface area contributed by atoms with Gasteiger partial charge in [-0.1, -0.05) is 18.0 Å². The molecule has 2 N–H and O–H groups in total. The van der Waals surface area contributed by atoms with E-state index in [2.05, 4.69) is 0 Å². The molecule has 0 spiro atoms. The molecule has 1 nitrogen and oxygen atoms in total. The van der Waals surface area contributed by atoms with Gasteiger partial charge in [-0.05, 0) is 55.6 Å². The van der Waals surface area contributed by atoms with Crippen molar-refractivity contribution in [2.75, 3.05) is 0 Å². The molecule has 2 aliphatic rings. The summed E-state index contributed by atoms with van der Waals surface area (Å²) in [5.74, 6) is 1.07. The first-order chi connectivity index (χ1) is 9.04. The predicted octanol–water partition coefficient (Wildman–Crippen LogP) is 4.44. The zero-order valence-electron chi connectivity index (χ0n) is 10.7. The first-order valence-electron chi connectivity index (χ1n) is 6.94. The van der Waals surface area contributed by atoms with Crippen molar-refractivity contribution in [1.29, 1.82) is 0 Å². The van der Waals surface area contributed by atoms with Crippen molar-refractivity contribution in [2.45, 2.75) is 38.1 Å². The second kappa shape index (κ2) is 5.02. The lowest BCUT2D eigenvalue weighted by Crippen LogP contribution is -2.20. The lowest BCUT2D eigenvalue weighted by molar-refractivity contribution is 0.294. The molecule has 3 rings (SSSR count). The van der Waals surface area contributed by atoms with Crippen LogP contribution in [0.15, 0.2) is 12.1 Å². The predicted molar refractivity (Wildman–Crippen MR) is 71.9 cm³/mol. The molecular weight excluding hydrogens is 268 g/mol. The van der Waals surface area contributed by atoms with E-state index in [-0.39, 0.29) is 10.6 Å². The van der Waals surface area contributed by atoms with Crippen LogP contribution in [0.2, 0.25) is 5.02 Å². The van der Waals surface area contributed by atoms with Gasteiger partial charge < -0.3 is 5.73 Å². The summed E-state index contributed by atoms with van der Waals surface area (Å²) in [6.45, 7) is 0. The summed E-state index contributed by atoms with van der Waals surface area (Å²) in [6.07, 6.45) is 5.86. The van der Waals surface area contributed by atoms with Crippen LogP contribution in [0, 0.1) is 29.4 Å². The maximum atomic E-state index is 13.8. The lowest BCUT2D eigenvalue weighted by Gasteiger charge is -2.25. The van der Waals surface area contributed by atoms with Gasteiger partial charge in [-0.3, -0.25) is 0 Å². The molecule has 0 aromatic heterocycles. The second-order valence-electron chi connectivity index (χ2n) is 6.06. The van der Waals surface area contributed by atoms with E-state index in [1.54, 1.807) is 0 Å². The fourth-order valence-corrected chi connectivity index (χ4v) is 4.09. The molecule has 2 saturated carbocycles. The third-order valence-electron chi connectivity index (χ3n) is 4.88. The van der Waals surface area contributed by atoms with E-state index < -0.39 is 17.7 Å². The van der Waals surface area contributed by atoms with Gasteiger partial charge in [0, 0.05) is 11.6 Å². The molecule has 4 unspecified atom stereocenters. The van der Waals surface area contributed by atoms with Crippen molar-refractivity contribution in [3.63, 3.8) is 0 Å². The molecule has 4 atom stereocenters. The van der Waals surface area contributed by atoms with E-state index >= 15 is 0 Å². The van der Waals surface area contributed by atoms with E-state index in [1.807, 2.05) is 0 Å². The van der Waals surface area contributed by atoms with E-state index in [0.29, 0.717) is 5.92 Å². The number of nitrogens with two attached hydrogens (primary N) is 1. The summed E-state index contributed by atoms with van der Waals surface area (Å²) in [6, 6.07) is 1.73. The molecule has 0 heterocycles. The van der Waals surface area contributed by atoms with Crippen molar-refractivity contribution in [3.05, 3.63) is 34.4 Å². The minimum Gasteiger partial charge on any atom is -0.324 e. The quantitative estimate of drug-likeness (QED) is 0.816. The number of halogens is 3. The maximum Gasteiger partial charge on any atom is 0.142 e. The second-order valence-corrected chi connectivity index (χ2v) is 6.47. The van der Waals surface area contributed by atoms with Gasteiger partial charge in [0.1, 0.15) is 11.6 Å². The van der Waals surface area contributed by atoms with Crippen molar-refractivity contribution in [3.8, 4) is 0 Å². The number of hydrogen-bond acceptors (Lipinski definition) is 1. The van der Waals surface area contributed by atoms with Gasteiger partial charge in [-0.25, -0.2) is 8.78 Å². The van der Waals surface area contributed by atoms with E-state index in [9.17, 15) is 8.78 Å². The summed E-state index contributed by atoms with van der Waals surface area (Å²) >= 11 is 5.56. The van der Waals surface area contributed by atoms with Gasteiger partial charge in [-0.15, -0.1) is 0 Å². The first kappa shape index (κ1) is 13.3. The lowest BCUT2D eigenvalue weighted by atomic mass is 9.83. The van der Waals surface area contributed by atoms with E-state index in [0.717, 1.165) is 30.4 Å². The van der Waals surface area contributed by atoms with Crippen LogP contribution in [0.1, 0.15) is 43.7 Å². The van der Waals surface area contributed by atoms with E-state index in [1.165, 1.54) is 25.7 Å². The molecule has 1 aromatic rings. The van der Waals surface area contributed by atoms with Crippen LogP contribution in [-0.2, 0) is 0 Å². The van der Waals surface area contributed by atoms with Crippen LogP contribution >= 0.6 is 11.6 Å². The van der Waals surface area contributed by atoms with Crippen molar-refractivity contribution >= 4 is 11.6 Å². The van der Waals surface area contributed by atoms with Crippen LogP contribution in [0.5, 0.6) is 0 Å². The molecule has 0 amide bonds. The fraction of sp³-hybridized carbons (Fsp3) is 0.600. The summed E-state index contributed by atoms with van der Waals surface area (Å²) < 4.78 is 27.2. The van der Waals surface area contributed by atoms with Gasteiger partial charge in [0.25, 0.3) is 0 Å². The highest BCUT2D eigenvalue weighted by Gasteiger charge is 2.40. The standard InChI is InChI=1S/C15H18ClF2N/c16-12-7-13(17)11(6-14(12)18)15(19)5-10-4-8-1-2-9(10)3-8/h6-10,15H,1-5,19H2. The SMILES string of the molecule is NC(CC1CC2CCC1C2)c1cc(F)c(Cl)cc1F. The van der Waals surface area contributed by atoms with Crippen LogP contribution in [-0.4, -0.2) is 0 Å². The Labute approximate surface area is 117 Å². The van der Waals surface area contributed by atoms with Gasteiger partial charge in [0.2, 0.25) is 0 Å². The molecule has 0 saturated heterocycles. The van der Waals surface area contributed by atoms with Gasteiger partial charge in [-0.2, -0.15) is 0 Å². The minimum absolute atomic E-state index is 0.187. The molecule has 2 bridgehead atoms. The van der Waals surface area contributed by atoms with Crippen molar-refractivity contribution < 1.29 is 8.78 Å². The van der Waals surface area contributed by atoms with Gasteiger partial charge >= 0.3 is 0 Å². The Balaban J connectivity index is 1.73. The topological polar surface area (TPSA) is 26.0 Å². The summed E-state index contributed by atoms with van der Waals surface area (Å²) in [5, 5.41) is -0.187. The average Bonchev–Trinajstić information content (AvgIpc) is 2.95. The van der Waals surface area contributed by atoms with Crippen LogP contribution in [0.25, 0.3) is 0 Å². The van der Waals surface area contributed by atoms with Gasteiger partial charge in [0.15, 0.2) is 0 Å². The Morgan fingerprint density at radius 1 is 1.21 bits per heavy atom. The zero-order valence-corrected chi connectivity index (χ0v) is 11.5. The van der Waals surface area contributed by atoms with Crippen LogP contribution in [0.3, 0.4) is 0 Å². The highest BCUT2D eigenvalue weighted by atomic mass is 35.5. The third kappa shape index (κ3) is 2.50. The Morgan fingerprint density at radius 3 is 2.63 bits per heavy atom. The maximum absolute atomic E-state index is 13.8. The van der Waals surface area contributed by atoms with Gasteiger partial charge in [0.05, 0.1) is 5.02 Å². The average molecular weight is 286 g/mol. The normalized spacial score (nSPS) is 30.8. The number of rotatable bonds is 3. The summed E-state index contributed by atoms with van der Waals surface area (Å²) in [5.41, 5.74) is 6.33. The minimum atomic E-state index is -0.596. The van der Waals surface area contributed by atoms with Crippen LogP contribution < -0.4 is 5.73 Å². The number of fused-ring (bicyclic) bond motifs is 2. The molecule has 0 aliphatic heterocycles. The Bertz CT molecular complexity index is 491. The Hall–Kier alpha value is -0.670. The monoisotopic (exact) mass is 285 g/mol. The highest BCUT2D eigenvalue weighted by molar-refractivity contribution is 6.30. The molecule has 1 aromatic carbocycles. The fourth-order valence-electron chi connectivity index (χ4n) is 3.94. The molecule has 4 heteroatoms. The molecule has 104 valence electrons. The Kier molecular flexibility index (Phi) is 3.52.